The molecule has 0 N–H and O–H groups in total. The van der Waals surface area contributed by atoms with Crippen molar-refractivity contribution in [1.29, 1.82) is 0 Å². The largest absolute Gasteiger partial charge is 0.453 e. The lowest BCUT2D eigenvalue weighted by Gasteiger charge is -2.07. The third-order valence-electron chi connectivity index (χ3n) is 8.32. The summed E-state index contributed by atoms with van der Waals surface area (Å²) >= 11 is 0. The number of aryl methyl sites for hydroxylation is 4. The van der Waals surface area contributed by atoms with E-state index in [0.717, 1.165) is 55.0 Å². The molecular formula is C38H28N2O4. The first kappa shape index (κ1) is 26.0. The highest BCUT2D eigenvalue weighted by Crippen LogP contribution is 2.31. The molecule has 0 fully saturated rings. The highest BCUT2D eigenvalue weighted by atomic mass is 16.4. The topological polar surface area (TPSA) is 77.3 Å². The third-order valence-corrected chi connectivity index (χ3v) is 8.32. The van der Waals surface area contributed by atoms with Gasteiger partial charge in [-0.2, -0.15) is 0 Å². The van der Waals surface area contributed by atoms with Gasteiger partial charge in [-0.25, -0.2) is 0 Å². The van der Waals surface area contributed by atoms with Crippen LogP contribution in [0.25, 0.3) is 66.9 Å². The Bertz CT molecular complexity index is 2310. The minimum atomic E-state index is 0.577. The van der Waals surface area contributed by atoms with Gasteiger partial charge in [-0.15, -0.1) is 10.2 Å². The molecule has 0 spiro atoms. The van der Waals surface area contributed by atoms with Gasteiger partial charge in [-0.05, 0) is 98.5 Å². The second-order valence-electron chi connectivity index (χ2n) is 11.4. The average molecular weight is 577 g/mol. The molecule has 6 heteroatoms. The van der Waals surface area contributed by atoms with Crippen LogP contribution in [0, 0.1) is 27.7 Å². The lowest BCUT2D eigenvalue weighted by Crippen LogP contribution is -2.08. The van der Waals surface area contributed by atoms with E-state index in [4.69, 9.17) is 27.9 Å². The number of hydrogen-bond donors (Lipinski definition) is 0. The van der Waals surface area contributed by atoms with Crippen LogP contribution < -0.4 is 10.7 Å². The van der Waals surface area contributed by atoms with Crippen molar-refractivity contribution in [1.82, 2.24) is 0 Å². The SMILES string of the molecule is Cc1cc2oc(-c3cc4ccccc4o3)cc(=NN=c3cc(-c4cc5ccccc5o4)oc4cc(C)c(C)cc34)c2cc1C. The van der Waals surface area contributed by atoms with Gasteiger partial charge < -0.3 is 17.7 Å². The van der Waals surface area contributed by atoms with E-state index >= 15 is 0 Å². The Morgan fingerprint density at radius 1 is 0.386 bits per heavy atom. The summed E-state index contributed by atoms with van der Waals surface area (Å²) in [5.41, 5.74) is 7.55. The molecule has 0 atom stereocenters. The monoisotopic (exact) mass is 576 g/mol. The van der Waals surface area contributed by atoms with Crippen LogP contribution in [0.1, 0.15) is 22.3 Å². The molecule has 0 unspecified atom stereocenters. The molecule has 0 radical (unpaired) electrons. The molecule has 6 nitrogen and oxygen atoms in total. The predicted octanol–water partition coefficient (Wildman–Crippen LogP) is 9.66. The van der Waals surface area contributed by atoms with Gasteiger partial charge in [0.05, 0.1) is 0 Å². The molecule has 0 aliphatic carbocycles. The van der Waals surface area contributed by atoms with Crippen molar-refractivity contribution in [3.8, 4) is 23.0 Å². The number of fused-ring (bicyclic) bond motifs is 4. The average Bonchev–Trinajstić information content (AvgIpc) is 3.66. The predicted molar refractivity (Wildman–Crippen MR) is 173 cm³/mol. The molecule has 0 bridgehead atoms. The van der Waals surface area contributed by atoms with Gasteiger partial charge >= 0.3 is 0 Å². The number of benzene rings is 4. The highest BCUT2D eigenvalue weighted by Gasteiger charge is 2.14. The molecule has 44 heavy (non-hydrogen) atoms. The van der Waals surface area contributed by atoms with Crippen LogP contribution in [0.15, 0.2) is 125 Å². The van der Waals surface area contributed by atoms with Gasteiger partial charge in [-0.3, -0.25) is 0 Å². The molecule has 8 rings (SSSR count). The maximum Gasteiger partial charge on any atom is 0.172 e. The van der Waals surface area contributed by atoms with E-state index in [1.165, 1.54) is 0 Å². The molecule has 214 valence electrons. The Hall–Kier alpha value is -5.62. The number of nitrogens with zero attached hydrogens (tertiary/aromatic N) is 2. The number of furan rings is 2. The maximum atomic E-state index is 6.39. The molecule has 4 heterocycles. The van der Waals surface area contributed by atoms with Crippen LogP contribution in [-0.4, -0.2) is 0 Å². The first-order valence-corrected chi connectivity index (χ1v) is 14.6. The van der Waals surface area contributed by atoms with E-state index in [1.54, 1.807) is 0 Å². The first-order chi connectivity index (χ1) is 21.4. The van der Waals surface area contributed by atoms with Crippen LogP contribution in [0.5, 0.6) is 0 Å². The van der Waals surface area contributed by atoms with Gasteiger partial charge in [-0.1, -0.05) is 36.4 Å². The maximum absolute atomic E-state index is 6.39. The standard InChI is InChI=1S/C38H28N2O4/c1-21-13-27-29(19-37(43-33(27)15-23(21)3)35-17-25-9-5-7-11-31(25)41-35)39-40-30-20-38(36-18-26-10-6-8-12-32(26)42-36)44-34-16-24(4)22(2)14-28(30)34/h5-20H,1-4H3. The number of para-hydroxylation sites is 2. The Morgan fingerprint density at radius 3 is 1.18 bits per heavy atom. The van der Waals surface area contributed by atoms with Crippen molar-refractivity contribution in [3.63, 3.8) is 0 Å². The summed E-state index contributed by atoms with van der Waals surface area (Å²) in [6, 6.07) is 31.9. The van der Waals surface area contributed by atoms with Crippen molar-refractivity contribution in [2.45, 2.75) is 27.7 Å². The Morgan fingerprint density at radius 2 is 0.750 bits per heavy atom. The molecule has 0 saturated carbocycles. The fourth-order valence-electron chi connectivity index (χ4n) is 5.57. The highest BCUT2D eigenvalue weighted by molar-refractivity contribution is 5.85. The Labute approximate surface area is 252 Å². The quantitative estimate of drug-likeness (QED) is 0.196. The van der Waals surface area contributed by atoms with Gasteiger partial charge in [0.1, 0.15) is 33.0 Å². The summed E-state index contributed by atoms with van der Waals surface area (Å²) in [5.74, 6) is 2.41. The van der Waals surface area contributed by atoms with Crippen molar-refractivity contribution in [2.75, 3.05) is 0 Å². The molecular weight excluding hydrogens is 548 g/mol. The number of rotatable bonds is 3. The van der Waals surface area contributed by atoms with Crippen molar-refractivity contribution < 1.29 is 17.7 Å². The van der Waals surface area contributed by atoms with E-state index in [2.05, 4.69) is 39.8 Å². The smallest absolute Gasteiger partial charge is 0.172 e. The molecule has 0 saturated heterocycles. The van der Waals surface area contributed by atoms with Crippen LogP contribution in [0.4, 0.5) is 0 Å². The van der Waals surface area contributed by atoms with E-state index in [1.807, 2.05) is 84.9 Å². The summed E-state index contributed by atoms with van der Waals surface area (Å²) in [6.45, 7) is 8.31. The van der Waals surface area contributed by atoms with E-state index < -0.39 is 0 Å². The van der Waals surface area contributed by atoms with Gasteiger partial charge in [0.25, 0.3) is 0 Å². The Kier molecular flexibility index (Phi) is 5.91. The normalized spacial score (nSPS) is 12.8. The van der Waals surface area contributed by atoms with Gasteiger partial charge in [0.2, 0.25) is 0 Å². The van der Waals surface area contributed by atoms with Crippen LogP contribution in [-0.2, 0) is 0 Å². The molecule has 0 aliphatic rings. The summed E-state index contributed by atoms with van der Waals surface area (Å²) in [5, 5.41) is 14.8. The van der Waals surface area contributed by atoms with Crippen LogP contribution in [0.3, 0.4) is 0 Å². The molecule has 8 aromatic rings. The first-order valence-electron chi connectivity index (χ1n) is 14.6. The lowest BCUT2D eigenvalue weighted by molar-refractivity contribution is 0.560. The lowest BCUT2D eigenvalue weighted by atomic mass is 10.1. The van der Waals surface area contributed by atoms with Gasteiger partial charge in [0.15, 0.2) is 23.0 Å². The van der Waals surface area contributed by atoms with Gasteiger partial charge in [0, 0.05) is 33.7 Å². The second kappa shape index (κ2) is 9.99. The minimum Gasteiger partial charge on any atom is -0.453 e. The van der Waals surface area contributed by atoms with Crippen LogP contribution in [0.2, 0.25) is 0 Å². The van der Waals surface area contributed by atoms with Crippen molar-refractivity contribution in [2.24, 2.45) is 10.2 Å². The zero-order valence-corrected chi connectivity index (χ0v) is 24.8. The van der Waals surface area contributed by atoms with E-state index in [9.17, 15) is 0 Å². The summed E-state index contributed by atoms with van der Waals surface area (Å²) in [7, 11) is 0. The summed E-state index contributed by atoms with van der Waals surface area (Å²) < 4.78 is 25.1. The molecule has 4 aromatic heterocycles. The fraction of sp³-hybridized carbons (Fsp3) is 0.105. The molecule has 4 aromatic carbocycles. The van der Waals surface area contributed by atoms with Crippen LogP contribution >= 0.6 is 0 Å². The van der Waals surface area contributed by atoms with Crippen molar-refractivity contribution >= 4 is 43.9 Å². The number of hydrogen-bond acceptors (Lipinski definition) is 6. The molecule has 0 amide bonds. The molecule has 0 aliphatic heterocycles. The third kappa shape index (κ3) is 4.43. The zero-order valence-electron chi connectivity index (χ0n) is 24.8. The van der Waals surface area contributed by atoms with E-state index in [0.29, 0.717) is 44.9 Å². The fourth-order valence-corrected chi connectivity index (χ4v) is 5.57. The summed E-state index contributed by atoms with van der Waals surface area (Å²) in [4.78, 5) is 0. The summed E-state index contributed by atoms with van der Waals surface area (Å²) in [6.07, 6.45) is 0. The Balaban J connectivity index is 1.39. The zero-order chi connectivity index (χ0) is 29.9. The minimum absolute atomic E-state index is 0.577. The van der Waals surface area contributed by atoms with Crippen molar-refractivity contribution in [3.05, 3.63) is 130 Å². The van der Waals surface area contributed by atoms with E-state index in [-0.39, 0.29) is 0 Å². The second-order valence-corrected chi connectivity index (χ2v) is 11.4.